The Balaban J connectivity index is 2.56. The third kappa shape index (κ3) is 1.62. The molecule has 0 N–H and O–H groups in total. The SMILES string of the molecule is Cc1nc2c(s1)CCCC2(C(C)C)C(C)C. The highest BCUT2D eigenvalue weighted by Crippen LogP contribution is 2.48. The number of hydrogen-bond donors (Lipinski definition) is 0. The van der Waals surface area contributed by atoms with Gasteiger partial charge in [0.15, 0.2) is 0 Å². The van der Waals surface area contributed by atoms with E-state index in [1.165, 1.54) is 30.0 Å². The van der Waals surface area contributed by atoms with Crippen LogP contribution in [-0.4, -0.2) is 4.98 Å². The highest BCUT2D eigenvalue weighted by Gasteiger charge is 2.44. The number of rotatable bonds is 2. The monoisotopic (exact) mass is 237 g/mol. The molecule has 1 aromatic rings. The minimum Gasteiger partial charge on any atom is -0.246 e. The van der Waals surface area contributed by atoms with E-state index in [4.69, 9.17) is 4.98 Å². The Kier molecular flexibility index (Phi) is 3.13. The van der Waals surface area contributed by atoms with Crippen molar-refractivity contribution in [3.05, 3.63) is 15.6 Å². The van der Waals surface area contributed by atoms with E-state index in [1.54, 1.807) is 4.88 Å². The summed E-state index contributed by atoms with van der Waals surface area (Å²) in [4.78, 5) is 6.43. The number of hydrogen-bond acceptors (Lipinski definition) is 2. The summed E-state index contributed by atoms with van der Waals surface area (Å²) in [7, 11) is 0. The van der Waals surface area contributed by atoms with Crippen LogP contribution in [0.15, 0.2) is 0 Å². The van der Waals surface area contributed by atoms with Crippen LogP contribution in [0.1, 0.15) is 56.1 Å². The van der Waals surface area contributed by atoms with Crippen molar-refractivity contribution in [2.45, 2.75) is 59.3 Å². The predicted octanol–water partition coefficient (Wildman–Crippen LogP) is 4.34. The maximum absolute atomic E-state index is 4.87. The van der Waals surface area contributed by atoms with Crippen LogP contribution < -0.4 is 0 Å². The molecule has 0 amide bonds. The maximum atomic E-state index is 4.87. The molecular weight excluding hydrogens is 214 g/mol. The first kappa shape index (κ1) is 12.1. The van der Waals surface area contributed by atoms with Gasteiger partial charge in [0.2, 0.25) is 0 Å². The molecule has 0 saturated heterocycles. The molecule has 2 heteroatoms. The molecule has 1 nitrogen and oxygen atoms in total. The Bertz CT molecular complexity index is 368. The van der Waals surface area contributed by atoms with Crippen molar-refractivity contribution in [2.75, 3.05) is 0 Å². The van der Waals surface area contributed by atoms with E-state index in [-0.39, 0.29) is 0 Å². The van der Waals surface area contributed by atoms with E-state index in [0.29, 0.717) is 17.3 Å². The fraction of sp³-hybridized carbons (Fsp3) is 0.786. The van der Waals surface area contributed by atoms with Crippen molar-refractivity contribution in [2.24, 2.45) is 11.8 Å². The average molecular weight is 237 g/mol. The van der Waals surface area contributed by atoms with Crippen LogP contribution >= 0.6 is 11.3 Å². The molecule has 0 atom stereocenters. The predicted molar refractivity (Wildman–Crippen MR) is 71.1 cm³/mol. The normalized spacial score (nSPS) is 19.2. The summed E-state index contributed by atoms with van der Waals surface area (Å²) in [6, 6.07) is 0. The number of thiazole rings is 1. The first-order chi connectivity index (χ1) is 7.48. The van der Waals surface area contributed by atoms with E-state index >= 15 is 0 Å². The Morgan fingerprint density at radius 2 is 1.81 bits per heavy atom. The van der Waals surface area contributed by atoms with Gasteiger partial charge in [-0.1, -0.05) is 27.7 Å². The van der Waals surface area contributed by atoms with Gasteiger partial charge in [-0.2, -0.15) is 0 Å². The van der Waals surface area contributed by atoms with Crippen LogP contribution in [0.5, 0.6) is 0 Å². The van der Waals surface area contributed by atoms with Crippen molar-refractivity contribution in [1.82, 2.24) is 4.98 Å². The average Bonchev–Trinajstić information content (AvgIpc) is 2.56. The van der Waals surface area contributed by atoms with Crippen molar-refractivity contribution in [3.8, 4) is 0 Å². The summed E-state index contributed by atoms with van der Waals surface area (Å²) in [6.45, 7) is 11.6. The summed E-state index contributed by atoms with van der Waals surface area (Å²) < 4.78 is 0. The second-order valence-corrected chi connectivity index (χ2v) is 7.00. The summed E-state index contributed by atoms with van der Waals surface area (Å²) >= 11 is 1.92. The molecular formula is C14H23NS. The molecule has 0 unspecified atom stereocenters. The van der Waals surface area contributed by atoms with Gasteiger partial charge in [-0.25, -0.2) is 4.98 Å². The highest BCUT2D eigenvalue weighted by molar-refractivity contribution is 7.11. The molecule has 0 saturated carbocycles. The largest absolute Gasteiger partial charge is 0.246 e. The fourth-order valence-corrected chi connectivity index (χ4v) is 4.53. The quantitative estimate of drug-likeness (QED) is 0.745. The van der Waals surface area contributed by atoms with Crippen LogP contribution in [0, 0.1) is 18.8 Å². The number of nitrogens with zero attached hydrogens (tertiary/aromatic N) is 1. The van der Waals surface area contributed by atoms with Crippen LogP contribution in [-0.2, 0) is 11.8 Å². The topological polar surface area (TPSA) is 12.9 Å². The van der Waals surface area contributed by atoms with Gasteiger partial charge in [0.25, 0.3) is 0 Å². The lowest BCUT2D eigenvalue weighted by atomic mass is 9.61. The van der Waals surface area contributed by atoms with Crippen LogP contribution in [0.2, 0.25) is 0 Å². The molecule has 1 aliphatic carbocycles. The van der Waals surface area contributed by atoms with E-state index in [2.05, 4.69) is 34.6 Å². The second kappa shape index (κ2) is 4.14. The lowest BCUT2D eigenvalue weighted by Gasteiger charge is -2.43. The summed E-state index contributed by atoms with van der Waals surface area (Å²) in [6.07, 6.45) is 3.91. The lowest BCUT2D eigenvalue weighted by Crippen LogP contribution is -2.41. The number of fused-ring (bicyclic) bond motifs is 1. The van der Waals surface area contributed by atoms with Crippen LogP contribution in [0.25, 0.3) is 0 Å². The van der Waals surface area contributed by atoms with Gasteiger partial charge in [-0.15, -0.1) is 11.3 Å². The molecule has 16 heavy (non-hydrogen) atoms. The Labute approximate surface area is 103 Å². The molecule has 0 radical (unpaired) electrons. The Hall–Kier alpha value is -0.370. The molecule has 0 aromatic carbocycles. The van der Waals surface area contributed by atoms with Crippen LogP contribution in [0.3, 0.4) is 0 Å². The van der Waals surface area contributed by atoms with Crippen molar-refractivity contribution in [3.63, 3.8) is 0 Å². The molecule has 1 aromatic heterocycles. The molecule has 0 bridgehead atoms. The highest BCUT2D eigenvalue weighted by atomic mass is 32.1. The maximum Gasteiger partial charge on any atom is 0.0900 e. The van der Waals surface area contributed by atoms with Gasteiger partial charge >= 0.3 is 0 Å². The van der Waals surface area contributed by atoms with E-state index in [0.717, 1.165) is 0 Å². The molecule has 90 valence electrons. The third-order valence-electron chi connectivity index (χ3n) is 4.30. The molecule has 1 heterocycles. The van der Waals surface area contributed by atoms with E-state index in [1.807, 2.05) is 11.3 Å². The molecule has 0 aliphatic heterocycles. The summed E-state index contributed by atoms with van der Waals surface area (Å²) in [5.41, 5.74) is 1.77. The van der Waals surface area contributed by atoms with Crippen molar-refractivity contribution >= 4 is 11.3 Å². The minimum atomic E-state index is 0.332. The first-order valence-corrected chi connectivity index (χ1v) is 7.27. The van der Waals surface area contributed by atoms with E-state index in [9.17, 15) is 0 Å². The third-order valence-corrected chi connectivity index (χ3v) is 5.33. The van der Waals surface area contributed by atoms with Gasteiger partial charge in [-0.05, 0) is 38.0 Å². The standard InChI is InChI=1S/C14H23NS/c1-9(2)14(10(3)4)8-6-7-12-13(14)15-11(5)16-12/h9-10H,6-8H2,1-5H3. The zero-order chi connectivity index (χ0) is 11.9. The van der Waals surface area contributed by atoms with E-state index < -0.39 is 0 Å². The summed E-state index contributed by atoms with van der Waals surface area (Å²) in [5.74, 6) is 1.38. The smallest absolute Gasteiger partial charge is 0.0900 e. The zero-order valence-electron chi connectivity index (χ0n) is 11.1. The number of aryl methyl sites for hydroxylation is 2. The minimum absolute atomic E-state index is 0.332. The Morgan fingerprint density at radius 3 is 2.38 bits per heavy atom. The van der Waals surface area contributed by atoms with Crippen LogP contribution in [0.4, 0.5) is 0 Å². The molecule has 0 fully saturated rings. The zero-order valence-corrected chi connectivity index (χ0v) is 11.9. The van der Waals surface area contributed by atoms with Gasteiger partial charge in [0, 0.05) is 10.3 Å². The first-order valence-electron chi connectivity index (χ1n) is 6.45. The molecule has 2 rings (SSSR count). The van der Waals surface area contributed by atoms with Crippen molar-refractivity contribution in [1.29, 1.82) is 0 Å². The molecule has 0 spiro atoms. The fourth-order valence-electron chi connectivity index (χ4n) is 3.45. The van der Waals surface area contributed by atoms with Crippen molar-refractivity contribution < 1.29 is 0 Å². The Morgan fingerprint density at radius 1 is 1.19 bits per heavy atom. The van der Waals surface area contributed by atoms with Gasteiger partial charge < -0.3 is 0 Å². The van der Waals surface area contributed by atoms with Gasteiger partial charge in [0.05, 0.1) is 10.7 Å². The number of aromatic nitrogens is 1. The van der Waals surface area contributed by atoms with Gasteiger partial charge in [0.1, 0.15) is 0 Å². The van der Waals surface area contributed by atoms with Gasteiger partial charge in [-0.3, -0.25) is 0 Å². The summed E-state index contributed by atoms with van der Waals surface area (Å²) in [5, 5.41) is 1.25. The molecule has 1 aliphatic rings. The lowest BCUT2D eigenvalue weighted by molar-refractivity contribution is 0.181. The second-order valence-electron chi connectivity index (χ2n) is 5.71.